The number of carbonyl (C=O) groups is 2. The van der Waals surface area contributed by atoms with Gasteiger partial charge in [0.2, 0.25) is 5.91 Å². The van der Waals surface area contributed by atoms with Crippen LogP contribution in [0.1, 0.15) is 23.3 Å². The minimum absolute atomic E-state index is 0.0267. The molecule has 1 aliphatic rings. The first-order chi connectivity index (χ1) is 14.7. The molecule has 1 fully saturated rings. The number of nitrogens with one attached hydrogen (secondary N) is 2. The van der Waals surface area contributed by atoms with Gasteiger partial charge in [-0.2, -0.15) is 9.90 Å². The fourth-order valence-electron chi connectivity index (χ4n) is 3.47. The largest absolute Gasteiger partial charge is 0.348 e. The number of para-hydroxylation sites is 2. The lowest BCUT2D eigenvalue weighted by molar-refractivity contribution is -0.117. The van der Waals surface area contributed by atoms with Crippen LogP contribution in [0.3, 0.4) is 0 Å². The van der Waals surface area contributed by atoms with Crippen LogP contribution in [-0.4, -0.2) is 57.4 Å². The van der Waals surface area contributed by atoms with Crippen molar-refractivity contribution in [2.75, 3.05) is 25.0 Å². The van der Waals surface area contributed by atoms with E-state index in [4.69, 9.17) is 0 Å². The summed E-state index contributed by atoms with van der Waals surface area (Å²) in [5.74, 6) is -0.251. The number of hydrogen-bond acceptors (Lipinski definition) is 5. The highest BCUT2D eigenvalue weighted by atomic mass is 16.2. The van der Waals surface area contributed by atoms with E-state index in [0.29, 0.717) is 12.2 Å². The molecule has 3 aromatic rings. The third-order valence-electron chi connectivity index (χ3n) is 5.06. The SMILES string of the molecule is O=C(CN1CCC(NC(=O)c2cnn(-c3ccccc3)n2)CC1)Nc1ccccc1. The fraction of sp³-hybridized carbons (Fsp3) is 0.273. The average molecular weight is 404 g/mol. The van der Waals surface area contributed by atoms with E-state index in [1.54, 1.807) is 0 Å². The Bertz CT molecular complexity index is 981. The number of aromatic nitrogens is 3. The van der Waals surface area contributed by atoms with E-state index in [2.05, 4.69) is 25.7 Å². The summed E-state index contributed by atoms with van der Waals surface area (Å²) < 4.78 is 0. The van der Waals surface area contributed by atoms with Crippen LogP contribution in [-0.2, 0) is 4.79 Å². The van der Waals surface area contributed by atoms with E-state index in [-0.39, 0.29) is 17.9 Å². The summed E-state index contributed by atoms with van der Waals surface area (Å²) in [6.07, 6.45) is 3.06. The normalized spacial score (nSPS) is 14.9. The van der Waals surface area contributed by atoms with Crippen LogP contribution in [0, 0.1) is 0 Å². The Labute approximate surface area is 174 Å². The van der Waals surface area contributed by atoms with Crippen molar-refractivity contribution in [1.29, 1.82) is 0 Å². The monoisotopic (exact) mass is 404 g/mol. The molecule has 8 heteroatoms. The second-order valence-electron chi connectivity index (χ2n) is 7.29. The average Bonchev–Trinajstić information content (AvgIpc) is 3.27. The standard InChI is InChI=1S/C22H24N6O2/c29-21(24-17-7-3-1-4-8-17)16-27-13-11-18(12-14-27)25-22(30)20-15-23-28(26-20)19-9-5-2-6-10-19/h1-10,15,18H,11-14,16H2,(H,24,29)(H,25,30). The first kappa shape index (κ1) is 19.8. The second kappa shape index (κ2) is 9.32. The molecule has 0 radical (unpaired) electrons. The van der Waals surface area contributed by atoms with Gasteiger partial charge in [-0.15, -0.1) is 5.10 Å². The Hall–Kier alpha value is -3.52. The summed E-state index contributed by atoms with van der Waals surface area (Å²) in [5, 5.41) is 14.4. The zero-order valence-corrected chi connectivity index (χ0v) is 16.6. The quantitative estimate of drug-likeness (QED) is 0.656. The van der Waals surface area contributed by atoms with Gasteiger partial charge in [-0.05, 0) is 37.1 Å². The smallest absolute Gasteiger partial charge is 0.273 e. The van der Waals surface area contributed by atoms with Crippen molar-refractivity contribution in [3.63, 3.8) is 0 Å². The van der Waals surface area contributed by atoms with E-state index in [1.807, 2.05) is 60.7 Å². The van der Waals surface area contributed by atoms with Crippen LogP contribution in [0.15, 0.2) is 66.9 Å². The molecule has 1 saturated heterocycles. The molecule has 1 aromatic heterocycles. The van der Waals surface area contributed by atoms with Gasteiger partial charge >= 0.3 is 0 Å². The first-order valence-corrected chi connectivity index (χ1v) is 10.0. The van der Waals surface area contributed by atoms with Crippen molar-refractivity contribution in [2.45, 2.75) is 18.9 Å². The number of hydrogen-bond donors (Lipinski definition) is 2. The molecule has 0 aliphatic carbocycles. The third kappa shape index (κ3) is 5.09. The molecule has 8 nitrogen and oxygen atoms in total. The van der Waals surface area contributed by atoms with E-state index < -0.39 is 0 Å². The van der Waals surface area contributed by atoms with Gasteiger partial charge in [0.25, 0.3) is 5.91 Å². The zero-order chi connectivity index (χ0) is 20.8. The fourth-order valence-corrected chi connectivity index (χ4v) is 3.47. The maximum atomic E-state index is 12.5. The topological polar surface area (TPSA) is 92.2 Å². The molecule has 2 N–H and O–H groups in total. The number of amides is 2. The van der Waals surface area contributed by atoms with E-state index in [1.165, 1.54) is 11.0 Å². The van der Waals surface area contributed by atoms with E-state index in [9.17, 15) is 9.59 Å². The molecule has 2 aromatic carbocycles. The Morgan fingerprint density at radius 2 is 1.63 bits per heavy atom. The second-order valence-corrected chi connectivity index (χ2v) is 7.29. The molecular formula is C22H24N6O2. The summed E-state index contributed by atoms with van der Waals surface area (Å²) in [6, 6.07) is 19.0. The Morgan fingerprint density at radius 3 is 2.33 bits per heavy atom. The van der Waals surface area contributed by atoms with Gasteiger partial charge < -0.3 is 10.6 Å². The first-order valence-electron chi connectivity index (χ1n) is 10.0. The van der Waals surface area contributed by atoms with Crippen LogP contribution in [0.25, 0.3) is 5.69 Å². The summed E-state index contributed by atoms with van der Waals surface area (Å²) in [5.41, 5.74) is 1.90. The number of piperidine rings is 1. The highest BCUT2D eigenvalue weighted by molar-refractivity contribution is 5.92. The van der Waals surface area contributed by atoms with Crippen LogP contribution in [0.4, 0.5) is 5.69 Å². The lowest BCUT2D eigenvalue weighted by Gasteiger charge is -2.31. The van der Waals surface area contributed by atoms with Crippen molar-refractivity contribution in [1.82, 2.24) is 25.2 Å². The highest BCUT2D eigenvalue weighted by Crippen LogP contribution is 2.12. The number of nitrogens with zero attached hydrogens (tertiary/aromatic N) is 4. The number of likely N-dealkylation sites (tertiary alicyclic amines) is 1. The maximum Gasteiger partial charge on any atom is 0.273 e. The summed E-state index contributed by atoms with van der Waals surface area (Å²) in [6.45, 7) is 1.86. The van der Waals surface area contributed by atoms with Gasteiger partial charge in [-0.25, -0.2) is 0 Å². The van der Waals surface area contributed by atoms with Crippen LogP contribution >= 0.6 is 0 Å². The molecule has 1 aliphatic heterocycles. The predicted molar refractivity (Wildman–Crippen MR) is 113 cm³/mol. The van der Waals surface area contributed by atoms with E-state index >= 15 is 0 Å². The molecule has 30 heavy (non-hydrogen) atoms. The lowest BCUT2D eigenvalue weighted by Crippen LogP contribution is -2.46. The summed E-state index contributed by atoms with van der Waals surface area (Å²) >= 11 is 0. The molecule has 154 valence electrons. The van der Waals surface area contributed by atoms with Crippen molar-refractivity contribution < 1.29 is 9.59 Å². The van der Waals surface area contributed by atoms with Gasteiger partial charge in [0.15, 0.2) is 5.69 Å². The molecule has 2 amide bonds. The highest BCUT2D eigenvalue weighted by Gasteiger charge is 2.23. The van der Waals surface area contributed by atoms with Crippen molar-refractivity contribution in [3.05, 3.63) is 72.6 Å². The number of carbonyl (C=O) groups excluding carboxylic acids is 2. The molecular weight excluding hydrogens is 380 g/mol. The van der Waals surface area contributed by atoms with Gasteiger partial charge in [-0.1, -0.05) is 36.4 Å². The van der Waals surface area contributed by atoms with Crippen LogP contribution in [0.2, 0.25) is 0 Å². The number of anilines is 1. The van der Waals surface area contributed by atoms with Gasteiger partial charge in [0.1, 0.15) is 0 Å². The maximum absolute atomic E-state index is 12.5. The summed E-state index contributed by atoms with van der Waals surface area (Å²) in [7, 11) is 0. The third-order valence-corrected chi connectivity index (χ3v) is 5.06. The van der Waals surface area contributed by atoms with Crippen molar-refractivity contribution in [2.24, 2.45) is 0 Å². The molecule has 0 unspecified atom stereocenters. The molecule has 0 bridgehead atoms. The molecule has 0 saturated carbocycles. The lowest BCUT2D eigenvalue weighted by atomic mass is 10.0. The molecule has 2 heterocycles. The van der Waals surface area contributed by atoms with Crippen LogP contribution < -0.4 is 10.6 Å². The number of rotatable bonds is 6. The van der Waals surface area contributed by atoms with Gasteiger partial charge in [0, 0.05) is 24.8 Å². The molecule has 4 rings (SSSR count). The Balaban J connectivity index is 1.23. The summed E-state index contributed by atoms with van der Waals surface area (Å²) in [4.78, 5) is 28.3. The Morgan fingerprint density at radius 1 is 0.967 bits per heavy atom. The minimum Gasteiger partial charge on any atom is -0.348 e. The molecule has 0 atom stereocenters. The Kier molecular flexibility index (Phi) is 6.14. The van der Waals surface area contributed by atoms with Crippen molar-refractivity contribution in [3.8, 4) is 5.69 Å². The van der Waals surface area contributed by atoms with Gasteiger partial charge in [0.05, 0.1) is 18.4 Å². The van der Waals surface area contributed by atoms with E-state index in [0.717, 1.165) is 37.3 Å². The van der Waals surface area contributed by atoms with Crippen molar-refractivity contribution >= 4 is 17.5 Å². The van der Waals surface area contributed by atoms with Crippen LogP contribution in [0.5, 0.6) is 0 Å². The van der Waals surface area contributed by atoms with Gasteiger partial charge in [-0.3, -0.25) is 14.5 Å². The number of benzene rings is 2. The minimum atomic E-state index is -0.225. The molecule has 0 spiro atoms. The zero-order valence-electron chi connectivity index (χ0n) is 16.6. The predicted octanol–water partition coefficient (Wildman–Crippen LogP) is 2.10.